The van der Waals surface area contributed by atoms with Crippen LogP contribution in [0.3, 0.4) is 0 Å². The van der Waals surface area contributed by atoms with Gasteiger partial charge in [-0.1, -0.05) is 31.2 Å². The van der Waals surface area contributed by atoms with E-state index < -0.39 is 17.7 Å². The molecule has 0 unspecified atom stereocenters. The molecule has 0 bridgehead atoms. The Morgan fingerprint density at radius 3 is 2.68 bits per heavy atom. The topological polar surface area (TPSA) is 102 Å². The first kappa shape index (κ1) is 25.1. The van der Waals surface area contributed by atoms with Crippen LogP contribution in [0.4, 0.5) is 13.6 Å². The molecule has 3 aromatic carbocycles. The van der Waals surface area contributed by atoms with Crippen molar-refractivity contribution in [2.45, 2.75) is 39.8 Å². The summed E-state index contributed by atoms with van der Waals surface area (Å²) in [6, 6.07) is 16.2. The maximum atomic E-state index is 14.9. The van der Waals surface area contributed by atoms with Gasteiger partial charge in [0.2, 0.25) is 5.82 Å². The Hall–Kier alpha value is -4.53. The minimum atomic E-state index is -1.33. The quantitative estimate of drug-likeness (QED) is 0.269. The molecule has 4 aromatic rings. The fourth-order valence-corrected chi connectivity index (χ4v) is 4.92. The van der Waals surface area contributed by atoms with E-state index in [0.717, 1.165) is 46.9 Å². The Balaban J connectivity index is 1.63. The molecule has 1 amide bonds. The number of carbonyl (C=O) groups is 1. The van der Waals surface area contributed by atoms with Gasteiger partial charge < -0.3 is 14.4 Å². The number of hydrogen-bond acceptors (Lipinski definition) is 3. The van der Waals surface area contributed by atoms with Gasteiger partial charge in [0.25, 0.3) is 5.84 Å². The van der Waals surface area contributed by atoms with Crippen LogP contribution in [0, 0.1) is 11.6 Å². The van der Waals surface area contributed by atoms with Crippen LogP contribution < -0.4 is 15.5 Å². The van der Waals surface area contributed by atoms with Crippen LogP contribution in [-0.2, 0) is 19.6 Å². The Kier molecular flexibility index (Phi) is 6.67. The highest BCUT2D eigenvalue weighted by atomic mass is 19.2. The largest absolute Gasteiger partial charge is 0.502 e. The first-order valence-electron chi connectivity index (χ1n) is 12.3. The van der Waals surface area contributed by atoms with Gasteiger partial charge in [-0.2, -0.15) is 14.5 Å². The van der Waals surface area contributed by atoms with Crippen LogP contribution in [0.25, 0.3) is 16.6 Å². The second-order valence-electron chi connectivity index (χ2n) is 9.21. The van der Waals surface area contributed by atoms with E-state index in [-0.39, 0.29) is 23.8 Å². The second kappa shape index (κ2) is 10.1. The van der Waals surface area contributed by atoms with Crippen LogP contribution in [0.2, 0.25) is 0 Å². The number of imidazole rings is 1. The molecule has 5 rings (SSSR count). The van der Waals surface area contributed by atoms with Crippen molar-refractivity contribution < 1.29 is 28.8 Å². The van der Waals surface area contributed by atoms with Crippen molar-refractivity contribution in [2.75, 3.05) is 0 Å². The van der Waals surface area contributed by atoms with E-state index >= 15 is 0 Å². The molecule has 0 radical (unpaired) electrons. The summed E-state index contributed by atoms with van der Waals surface area (Å²) in [5, 5.41) is 17.4. The third kappa shape index (κ3) is 4.51. The number of rotatable bonds is 5. The highest BCUT2D eigenvalue weighted by Gasteiger charge is 2.28. The van der Waals surface area contributed by atoms with Crippen LogP contribution in [0.5, 0.6) is 5.75 Å². The average Bonchev–Trinajstić information content (AvgIpc) is 3.13. The van der Waals surface area contributed by atoms with Gasteiger partial charge in [0.05, 0.1) is 11.0 Å². The van der Waals surface area contributed by atoms with Crippen LogP contribution in [0.1, 0.15) is 48.3 Å². The predicted molar refractivity (Wildman–Crippen MR) is 140 cm³/mol. The Morgan fingerprint density at radius 1 is 1.16 bits per heavy atom. The van der Waals surface area contributed by atoms with Crippen molar-refractivity contribution in [1.29, 1.82) is 0 Å². The summed E-state index contributed by atoms with van der Waals surface area (Å²) in [5.74, 6) is -1.52. The zero-order valence-corrected chi connectivity index (χ0v) is 21.0. The molecule has 0 saturated carbocycles. The summed E-state index contributed by atoms with van der Waals surface area (Å²) in [7, 11) is 0. The van der Waals surface area contributed by atoms with Crippen LogP contribution >= 0.6 is 0 Å². The standard InChI is InChI=1S/C29H26F2N4O3/c1-3-6-24-33-22-7-4-5-8-23(22)35(24)14-17-9-10-19-18(13-17)15-38-27-20(11-12-21(30)26(27)31)25(19)16(2)28(32)34-29(36)37/h4-5,7-13H,3,6,14-15H2,1-2H3,(H2,32,34)(H,36,37)/p+1/b25-16+. The molecule has 1 aliphatic heterocycles. The lowest BCUT2D eigenvalue weighted by Gasteiger charge is -2.15. The number of para-hydroxylation sites is 2. The zero-order chi connectivity index (χ0) is 27.0. The molecule has 1 aromatic heterocycles. The molecule has 0 saturated heterocycles. The molecule has 2 heterocycles. The van der Waals surface area contributed by atoms with Crippen molar-refractivity contribution in [3.05, 3.63) is 99.9 Å². The average molecular weight is 518 g/mol. The number of fused-ring (bicyclic) bond motifs is 3. The zero-order valence-electron chi connectivity index (χ0n) is 21.0. The first-order chi connectivity index (χ1) is 18.3. The lowest BCUT2D eigenvalue weighted by molar-refractivity contribution is -0.116. The van der Waals surface area contributed by atoms with Gasteiger partial charge in [0.15, 0.2) is 11.6 Å². The number of benzene rings is 3. The minimum Gasteiger partial charge on any atom is -0.485 e. The van der Waals surface area contributed by atoms with E-state index in [4.69, 9.17) is 15.1 Å². The molecule has 4 N–H and O–H groups in total. The molecular weight excluding hydrogens is 490 g/mol. The lowest BCUT2D eigenvalue weighted by atomic mass is 9.89. The number of nitrogens with two attached hydrogens (primary N) is 1. The molecular formula is C29H27F2N4O3+. The van der Waals surface area contributed by atoms with Gasteiger partial charge in [0, 0.05) is 29.7 Å². The van der Waals surface area contributed by atoms with Gasteiger partial charge in [0.1, 0.15) is 12.4 Å². The van der Waals surface area contributed by atoms with E-state index in [1.807, 2.05) is 42.5 Å². The second-order valence-corrected chi connectivity index (χ2v) is 9.21. The molecule has 0 atom stereocenters. The van der Waals surface area contributed by atoms with E-state index in [2.05, 4.69) is 16.8 Å². The highest BCUT2D eigenvalue weighted by molar-refractivity contribution is 6.09. The van der Waals surface area contributed by atoms with Gasteiger partial charge in [-0.05, 0) is 60.4 Å². The van der Waals surface area contributed by atoms with Crippen LogP contribution in [0.15, 0.2) is 60.2 Å². The van der Waals surface area contributed by atoms with E-state index in [1.54, 1.807) is 6.92 Å². The minimum absolute atomic E-state index is 0.00785. The number of carboxylic acid groups (broad SMARTS) is 1. The SMILES string of the molecule is CCCc1nc2ccccc2n1Cc1ccc2c(c1)COc1c(ccc(F)c1F)/C2=C(\C)C(=[NH2+])NC(=O)O. The fourth-order valence-electron chi connectivity index (χ4n) is 4.92. The number of aryl methyl sites for hydroxylation is 1. The number of halogens is 2. The van der Waals surface area contributed by atoms with Crippen molar-refractivity contribution in [3.63, 3.8) is 0 Å². The number of hydrogen-bond donors (Lipinski definition) is 3. The first-order valence-corrected chi connectivity index (χ1v) is 12.3. The third-order valence-corrected chi connectivity index (χ3v) is 6.70. The fraction of sp³-hybridized carbons (Fsp3) is 0.207. The normalized spacial score (nSPS) is 13.8. The number of aromatic nitrogens is 2. The van der Waals surface area contributed by atoms with Crippen molar-refractivity contribution in [1.82, 2.24) is 14.9 Å². The monoisotopic (exact) mass is 517 g/mol. The summed E-state index contributed by atoms with van der Waals surface area (Å²) >= 11 is 0. The Morgan fingerprint density at radius 2 is 1.92 bits per heavy atom. The highest BCUT2D eigenvalue weighted by Crippen LogP contribution is 2.41. The molecule has 9 heteroatoms. The van der Waals surface area contributed by atoms with E-state index in [1.165, 1.54) is 6.07 Å². The Bertz CT molecular complexity index is 1620. The molecule has 1 aliphatic rings. The predicted octanol–water partition coefficient (Wildman–Crippen LogP) is 4.45. The molecule has 194 valence electrons. The van der Waals surface area contributed by atoms with E-state index in [0.29, 0.717) is 23.3 Å². The van der Waals surface area contributed by atoms with Gasteiger partial charge >= 0.3 is 6.09 Å². The number of ether oxygens (including phenoxy) is 1. The number of amides is 1. The Labute approximate surface area is 217 Å². The van der Waals surface area contributed by atoms with Crippen molar-refractivity contribution in [2.24, 2.45) is 0 Å². The molecule has 0 spiro atoms. The smallest absolute Gasteiger partial charge is 0.485 e. The molecule has 0 fully saturated rings. The number of nitrogens with one attached hydrogen (secondary N) is 1. The van der Waals surface area contributed by atoms with Crippen molar-refractivity contribution >= 4 is 28.5 Å². The number of nitrogens with zero attached hydrogens (tertiary/aromatic N) is 2. The molecule has 38 heavy (non-hydrogen) atoms. The summed E-state index contributed by atoms with van der Waals surface area (Å²) in [4.78, 5) is 16.0. The molecule has 7 nitrogen and oxygen atoms in total. The summed E-state index contributed by atoms with van der Waals surface area (Å²) in [6.07, 6.45) is 0.460. The third-order valence-electron chi connectivity index (χ3n) is 6.70. The number of amidine groups is 1. The van der Waals surface area contributed by atoms with Gasteiger partial charge in [-0.25, -0.2) is 9.37 Å². The van der Waals surface area contributed by atoms with Crippen LogP contribution in [-0.4, -0.2) is 26.6 Å². The maximum absolute atomic E-state index is 14.9. The van der Waals surface area contributed by atoms with Gasteiger partial charge in [-0.3, -0.25) is 5.41 Å². The van der Waals surface area contributed by atoms with E-state index in [9.17, 15) is 18.7 Å². The summed E-state index contributed by atoms with van der Waals surface area (Å²) < 4.78 is 37.0. The lowest BCUT2D eigenvalue weighted by Crippen LogP contribution is -2.51. The summed E-state index contributed by atoms with van der Waals surface area (Å²) in [5.41, 5.74) is 5.48. The summed E-state index contributed by atoms with van der Waals surface area (Å²) in [6.45, 7) is 4.29. The van der Waals surface area contributed by atoms with Crippen molar-refractivity contribution in [3.8, 4) is 5.75 Å². The van der Waals surface area contributed by atoms with Gasteiger partial charge in [-0.15, -0.1) is 0 Å². The maximum Gasteiger partial charge on any atom is 0.502 e. The molecule has 0 aliphatic carbocycles.